The minimum absolute atomic E-state index is 0.935. The van der Waals surface area contributed by atoms with Crippen LogP contribution in [0.4, 0.5) is 0 Å². The smallest absolute Gasteiger partial charge is 0.00161 e. The Balaban J connectivity index is 1.48. The average molecular weight is 467 g/mol. The lowest BCUT2D eigenvalue weighted by atomic mass is 9.69. The molecule has 2 unspecified atom stereocenters. The van der Waals surface area contributed by atoms with Crippen LogP contribution in [0.3, 0.4) is 0 Å². The number of rotatable bonds is 0. The molecule has 5 aliphatic rings. The average Bonchev–Trinajstić information content (AvgIpc) is 2.85. The highest BCUT2D eigenvalue weighted by molar-refractivity contribution is 4.95. The van der Waals surface area contributed by atoms with E-state index in [1.165, 1.54) is 136 Å². The molecule has 192 valence electrons. The highest BCUT2D eigenvalue weighted by Crippen LogP contribution is 2.40. The van der Waals surface area contributed by atoms with Crippen LogP contribution in [0.2, 0.25) is 0 Å². The van der Waals surface area contributed by atoms with Gasteiger partial charge in [-0.05, 0) is 101 Å². The third kappa shape index (κ3) is 8.98. The molecule has 6 atom stereocenters. The Hall–Kier alpha value is -0.860. The van der Waals surface area contributed by atoms with Gasteiger partial charge in [-0.3, -0.25) is 0 Å². The molecular weight excluding hydrogens is 412 g/mol. The Morgan fingerprint density at radius 2 is 1.12 bits per heavy atom. The molecule has 6 bridgehead atoms. The Labute approximate surface area is 211 Å². The van der Waals surface area contributed by atoms with Crippen LogP contribution in [0, 0.1) is 23.7 Å². The van der Waals surface area contributed by atoms with E-state index in [9.17, 15) is 0 Å². The number of hydrogen-bond acceptors (Lipinski definition) is 2. The van der Waals surface area contributed by atoms with Crippen molar-refractivity contribution in [1.29, 1.82) is 0 Å². The molecule has 0 saturated carbocycles. The van der Waals surface area contributed by atoms with Gasteiger partial charge in [0.15, 0.2) is 0 Å². The number of hydrogen-bond donors (Lipinski definition) is 0. The summed E-state index contributed by atoms with van der Waals surface area (Å²) in [6.45, 7) is 8.05. The lowest BCUT2D eigenvalue weighted by Crippen LogP contribution is -2.49. The maximum absolute atomic E-state index is 2.89. The summed E-state index contributed by atoms with van der Waals surface area (Å²) < 4.78 is 0. The first-order valence-corrected chi connectivity index (χ1v) is 15.3. The Kier molecular flexibility index (Phi) is 11.8. The van der Waals surface area contributed by atoms with Gasteiger partial charge < -0.3 is 9.80 Å². The molecule has 0 N–H and O–H groups in total. The molecule has 0 spiro atoms. The van der Waals surface area contributed by atoms with Crippen LogP contribution in [-0.4, -0.2) is 49.1 Å². The fraction of sp³-hybridized carbons (Fsp3) is 0.812. The lowest BCUT2D eigenvalue weighted by molar-refractivity contribution is 0.0203. The first-order chi connectivity index (χ1) is 16.9. The van der Waals surface area contributed by atoms with E-state index in [1.54, 1.807) is 0 Å². The second-order valence-corrected chi connectivity index (χ2v) is 12.0. The van der Waals surface area contributed by atoms with Gasteiger partial charge in [-0.25, -0.2) is 0 Å². The van der Waals surface area contributed by atoms with E-state index in [0.29, 0.717) is 0 Å². The van der Waals surface area contributed by atoms with Gasteiger partial charge >= 0.3 is 0 Å². The van der Waals surface area contributed by atoms with Gasteiger partial charge in [0, 0.05) is 32.7 Å². The molecule has 5 heterocycles. The van der Waals surface area contributed by atoms with E-state index in [-0.39, 0.29) is 0 Å². The van der Waals surface area contributed by atoms with Crippen LogP contribution in [0.1, 0.15) is 103 Å². The van der Waals surface area contributed by atoms with Crippen LogP contribution in [0.25, 0.3) is 0 Å². The van der Waals surface area contributed by atoms with E-state index < -0.39 is 0 Å². The first-order valence-electron chi connectivity index (χ1n) is 15.3. The summed E-state index contributed by atoms with van der Waals surface area (Å²) >= 11 is 0. The summed E-state index contributed by atoms with van der Waals surface area (Å²) in [5.41, 5.74) is 0. The molecule has 0 aromatic heterocycles. The third-order valence-corrected chi connectivity index (χ3v) is 9.30. The van der Waals surface area contributed by atoms with E-state index in [2.05, 4.69) is 46.3 Å². The molecule has 2 nitrogen and oxygen atoms in total. The fourth-order valence-electron chi connectivity index (χ4n) is 7.46. The number of fused-ring (bicyclic) bond motifs is 10. The maximum atomic E-state index is 2.89. The molecule has 0 amide bonds. The molecule has 5 rings (SSSR count). The standard InChI is InChI=1S/C32H54N2/c1-2-5-10-14-18-23-34-26-29-19-15-11-7-4-6-9-13-17-22-33-24-21-32(31(25-29)28-34)30(27-33)20-16-12-8-3-1/h1-2,9-10,13-14,29-32H,3-8,11-12,15-28H2/b2-1?,13-9-,14-10-/t29-,30+,31+,32+/m1/s1. The van der Waals surface area contributed by atoms with Crippen molar-refractivity contribution in [3.63, 3.8) is 0 Å². The van der Waals surface area contributed by atoms with Crippen molar-refractivity contribution in [2.45, 2.75) is 103 Å². The molecule has 5 aliphatic heterocycles. The Bertz CT molecular complexity index is 635. The van der Waals surface area contributed by atoms with Gasteiger partial charge in [0.1, 0.15) is 0 Å². The summed E-state index contributed by atoms with van der Waals surface area (Å²) in [7, 11) is 0. The Morgan fingerprint density at radius 3 is 2.00 bits per heavy atom. The molecule has 0 radical (unpaired) electrons. The quantitative estimate of drug-likeness (QED) is 0.333. The highest BCUT2D eigenvalue weighted by Gasteiger charge is 2.38. The van der Waals surface area contributed by atoms with Crippen LogP contribution < -0.4 is 0 Å². The highest BCUT2D eigenvalue weighted by atomic mass is 15.1. The van der Waals surface area contributed by atoms with Gasteiger partial charge in [-0.2, -0.15) is 0 Å². The van der Waals surface area contributed by atoms with Gasteiger partial charge in [-0.1, -0.05) is 68.6 Å². The summed E-state index contributed by atoms with van der Waals surface area (Å²) in [5, 5.41) is 0. The van der Waals surface area contributed by atoms with Gasteiger partial charge in [0.05, 0.1) is 0 Å². The minimum atomic E-state index is 0.935. The van der Waals surface area contributed by atoms with Crippen molar-refractivity contribution < 1.29 is 0 Å². The van der Waals surface area contributed by atoms with Crippen molar-refractivity contribution in [2.75, 3.05) is 39.3 Å². The largest absolute Gasteiger partial charge is 0.303 e. The SMILES string of the molecule is C1=CCCCCC[C@H]2CN3CC/C=C\CCCCCC[C@@H]4C[C@@H](CN(CC/C=C\C1)C4)[C@H]2CC3. The molecular formula is C32H54N2. The monoisotopic (exact) mass is 466 g/mol. The first kappa shape index (κ1) is 26.2. The van der Waals surface area contributed by atoms with Crippen LogP contribution >= 0.6 is 0 Å². The molecule has 2 heteroatoms. The van der Waals surface area contributed by atoms with E-state index in [1.807, 2.05) is 0 Å². The summed E-state index contributed by atoms with van der Waals surface area (Å²) in [6, 6.07) is 0. The molecule has 0 aromatic rings. The zero-order valence-electron chi connectivity index (χ0n) is 22.2. The van der Waals surface area contributed by atoms with E-state index in [0.717, 1.165) is 30.1 Å². The second kappa shape index (κ2) is 15.3. The Morgan fingerprint density at radius 1 is 0.471 bits per heavy atom. The summed E-state index contributed by atoms with van der Waals surface area (Å²) in [5.74, 6) is 3.80. The minimum Gasteiger partial charge on any atom is -0.303 e. The molecule has 2 saturated heterocycles. The van der Waals surface area contributed by atoms with Crippen molar-refractivity contribution in [3.8, 4) is 0 Å². The van der Waals surface area contributed by atoms with E-state index in [4.69, 9.17) is 0 Å². The van der Waals surface area contributed by atoms with Crippen LogP contribution in [0.5, 0.6) is 0 Å². The van der Waals surface area contributed by atoms with Crippen molar-refractivity contribution >= 4 is 0 Å². The summed E-state index contributed by atoms with van der Waals surface area (Å²) in [4.78, 5) is 5.72. The summed E-state index contributed by atoms with van der Waals surface area (Å²) in [6.07, 6.45) is 36.8. The van der Waals surface area contributed by atoms with Gasteiger partial charge in [0.2, 0.25) is 0 Å². The molecule has 0 aromatic carbocycles. The zero-order valence-corrected chi connectivity index (χ0v) is 22.2. The number of piperidine rings is 2. The predicted molar refractivity (Wildman–Crippen MR) is 148 cm³/mol. The van der Waals surface area contributed by atoms with Crippen molar-refractivity contribution in [1.82, 2.24) is 9.80 Å². The number of allylic oxidation sites excluding steroid dienone is 4. The van der Waals surface area contributed by atoms with E-state index >= 15 is 0 Å². The molecule has 0 aliphatic carbocycles. The van der Waals surface area contributed by atoms with Crippen LogP contribution in [-0.2, 0) is 0 Å². The van der Waals surface area contributed by atoms with Crippen LogP contribution in [0.15, 0.2) is 36.5 Å². The fourth-order valence-corrected chi connectivity index (χ4v) is 7.46. The predicted octanol–water partition coefficient (Wildman–Crippen LogP) is 8.02. The lowest BCUT2D eigenvalue weighted by Gasteiger charge is -2.47. The third-order valence-electron chi connectivity index (χ3n) is 9.30. The van der Waals surface area contributed by atoms with Crippen molar-refractivity contribution in [3.05, 3.63) is 36.5 Å². The normalized spacial score (nSPS) is 39.3. The van der Waals surface area contributed by atoms with Crippen molar-refractivity contribution in [2.24, 2.45) is 23.7 Å². The number of nitrogens with zero attached hydrogens (tertiary/aromatic N) is 2. The van der Waals surface area contributed by atoms with Gasteiger partial charge in [0.25, 0.3) is 0 Å². The molecule has 2 fully saturated rings. The molecule has 34 heavy (non-hydrogen) atoms. The topological polar surface area (TPSA) is 6.48 Å². The van der Waals surface area contributed by atoms with Gasteiger partial charge in [-0.15, -0.1) is 0 Å². The maximum Gasteiger partial charge on any atom is 0.00161 e. The second-order valence-electron chi connectivity index (χ2n) is 12.0. The zero-order chi connectivity index (χ0) is 23.3.